The van der Waals surface area contributed by atoms with Gasteiger partial charge in [-0.2, -0.15) is 0 Å². The number of pyridine rings is 1. The van der Waals surface area contributed by atoms with Gasteiger partial charge in [0, 0.05) is 23.7 Å². The van der Waals surface area contributed by atoms with Crippen LogP contribution in [0.3, 0.4) is 0 Å². The summed E-state index contributed by atoms with van der Waals surface area (Å²) in [6, 6.07) is 2.12. The van der Waals surface area contributed by atoms with E-state index in [0.29, 0.717) is 28.3 Å². The fourth-order valence-corrected chi connectivity index (χ4v) is 4.06. The molecule has 1 amide bonds. The third kappa shape index (κ3) is 3.42. The molecule has 7 nitrogen and oxygen atoms in total. The molecule has 0 radical (unpaired) electrons. The molecule has 0 spiro atoms. The summed E-state index contributed by atoms with van der Waals surface area (Å²) in [5.41, 5.74) is 2.16. The van der Waals surface area contributed by atoms with Crippen LogP contribution in [0.15, 0.2) is 10.6 Å². The van der Waals surface area contributed by atoms with Gasteiger partial charge in [0.2, 0.25) is 0 Å². The number of hydrogen-bond donors (Lipinski definition) is 0. The largest absolute Gasteiger partial charge is 0.452 e. The number of fused-ring (bicyclic) bond motifs is 1. The Morgan fingerprint density at radius 3 is 2.59 bits per heavy atom. The van der Waals surface area contributed by atoms with Crippen molar-refractivity contribution in [1.82, 2.24) is 15.0 Å². The van der Waals surface area contributed by atoms with Crippen LogP contribution >= 0.6 is 0 Å². The van der Waals surface area contributed by atoms with Crippen LogP contribution in [0.2, 0.25) is 0 Å². The van der Waals surface area contributed by atoms with E-state index in [0.717, 1.165) is 37.8 Å². The molecule has 0 N–H and O–H groups in total. The van der Waals surface area contributed by atoms with Gasteiger partial charge in [0.15, 0.2) is 6.61 Å². The van der Waals surface area contributed by atoms with Gasteiger partial charge in [-0.05, 0) is 58.9 Å². The van der Waals surface area contributed by atoms with Gasteiger partial charge in [-0.3, -0.25) is 4.79 Å². The van der Waals surface area contributed by atoms with E-state index in [-0.39, 0.29) is 24.6 Å². The van der Waals surface area contributed by atoms with Crippen LogP contribution < -0.4 is 0 Å². The number of carbonyl (C=O) groups is 2. The molecule has 3 heterocycles. The second-order valence-electron chi connectivity index (χ2n) is 7.82. The molecule has 2 atom stereocenters. The molecule has 1 aliphatic heterocycles. The third-order valence-corrected chi connectivity index (χ3v) is 5.66. The average Bonchev–Trinajstić information content (AvgIpc) is 3.42. The Labute approximate surface area is 158 Å². The predicted octanol–water partition coefficient (Wildman–Crippen LogP) is 3.35. The van der Waals surface area contributed by atoms with E-state index < -0.39 is 5.97 Å². The summed E-state index contributed by atoms with van der Waals surface area (Å²) in [6.07, 6.45) is 5.21. The van der Waals surface area contributed by atoms with Crippen molar-refractivity contribution in [2.45, 2.75) is 70.9 Å². The molecule has 144 valence electrons. The average molecular weight is 371 g/mol. The standard InChI is InChI=1S/C20H25N3O4/c1-11-5-4-6-12(2)23(11)17(24)10-26-20(25)15-9-16(14-7-8-14)21-19-18(15)13(3)22-27-19/h9,11-12,14H,4-8,10H2,1-3H3/t11-,12-/m1/s1. The van der Waals surface area contributed by atoms with Crippen molar-refractivity contribution in [2.75, 3.05) is 6.61 Å². The number of likely N-dealkylation sites (tertiary alicyclic amines) is 1. The van der Waals surface area contributed by atoms with Gasteiger partial charge in [-0.15, -0.1) is 0 Å². The van der Waals surface area contributed by atoms with Gasteiger partial charge >= 0.3 is 5.97 Å². The van der Waals surface area contributed by atoms with Gasteiger partial charge in [0.25, 0.3) is 11.6 Å². The number of rotatable bonds is 4. The Balaban J connectivity index is 1.53. The maximum atomic E-state index is 12.8. The molecule has 0 aromatic carbocycles. The molecule has 2 aromatic heterocycles. The van der Waals surface area contributed by atoms with E-state index in [2.05, 4.69) is 10.1 Å². The van der Waals surface area contributed by atoms with E-state index in [9.17, 15) is 9.59 Å². The summed E-state index contributed by atoms with van der Waals surface area (Å²) in [7, 11) is 0. The van der Waals surface area contributed by atoms with Crippen LogP contribution in [-0.2, 0) is 9.53 Å². The highest BCUT2D eigenvalue weighted by Gasteiger charge is 2.31. The van der Waals surface area contributed by atoms with E-state index >= 15 is 0 Å². The molecular formula is C20H25N3O4. The fraction of sp³-hybridized carbons (Fsp3) is 0.600. The Morgan fingerprint density at radius 1 is 1.22 bits per heavy atom. The van der Waals surface area contributed by atoms with Crippen LogP contribution in [0.5, 0.6) is 0 Å². The molecule has 2 fully saturated rings. The van der Waals surface area contributed by atoms with E-state index in [1.165, 1.54) is 0 Å². The lowest BCUT2D eigenvalue weighted by molar-refractivity contribution is -0.140. The zero-order valence-corrected chi connectivity index (χ0v) is 16.0. The van der Waals surface area contributed by atoms with Crippen molar-refractivity contribution in [3.8, 4) is 0 Å². The predicted molar refractivity (Wildman–Crippen MR) is 98.4 cm³/mol. The van der Waals surface area contributed by atoms with Gasteiger partial charge < -0.3 is 14.2 Å². The normalized spacial score (nSPS) is 22.9. The Kier molecular flexibility index (Phi) is 4.61. The summed E-state index contributed by atoms with van der Waals surface area (Å²) in [5.74, 6) is -0.304. The van der Waals surface area contributed by atoms with Gasteiger partial charge in [0.05, 0.1) is 16.6 Å². The maximum absolute atomic E-state index is 12.8. The number of piperidine rings is 1. The molecule has 0 unspecified atom stereocenters. The Bertz CT molecular complexity index is 877. The lowest BCUT2D eigenvalue weighted by atomic mass is 9.97. The van der Waals surface area contributed by atoms with Crippen LogP contribution in [0, 0.1) is 6.92 Å². The van der Waals surface area contributed by atoms with Gasteiger partial charge in [-0.1, -0.05) is 5.16 Å². The summed E-state index contributed by atoms with van der Waals surface area (Å²) in [5, 5.41) is 4.49. The highest BCUT2D eigenvalue weighted by molar-refractivity contribution is 6.03. The first-order chi connectivity index (χ1) is 13.0. The number of hydrogen-bond acceptors (Lipinski definition) is 6. The number of aryl methyl sites for hydroxylation is 1. The van der Waals surface area contributed by atoms with Crippen molar-refractivity contribution < 1.29 is 18.8 Å². The van der Waals surface area contributed by atoms with E-state index in [1.54, 1.807) is 13.0 Å². The SMILES string of the molecule is Cc1noc2nc(C3CC3)cc(C(=O)OCC(=O)N3[C@H](C)CCC[C@H]3C)c12. The highest BCUT2D eigenvalue weighted by Crippen LogP contribution is 2.40. The van der Waals surface area contributed by atoms with E-state index in [4.69, 9.17) is 9.26 Å². The second-order valence-corrected chi connectivity index (χ2v) is 7.82. The third-order valence-electron chi connectivity index (χ3n) is 5.66. The zero-order chi connectivity index (χ0) is 19.1. The number of aromatic nitrogens is 2. The molecule has 2 aromatic rings. The van der Waals surface area contributed by atoms with Crippen LogP contribution in [-0.4, -0.2) is 45.6 Å². The highest BCUT2D eigenvalue weighted by atomic mass is 16.5. The lowest BCUT2D eigenvalue weighted by Gasteiger charge is -2.38. The first-order valence-corrected chi connectivity index (χ1v) is 9.71. The molecule has 4 rings (SSSR count). The number of carbonyl (C=O) groups excluding carboxylic acids is 2. The molecule has 27 heavy (non-hydrogen) atoms. The van der Waals surface area contributed by atoms with Gasteiger partial charge in [0.1, 0.15) is 0 Å². The quantitative estimate of drug-likeness (QED) is 0.766. The summed E-state index contributed by atoms with van der Waals surface area (Å²) in [4.78, 5) is 31.7. The maximum Gasteiger partial charge on any atom is 0.339 e. The summed E-state index contributed by atoms with van der Waals surface area (Å²) in [6.45, 7) is 5.61. The van der Waals surface area contributed by atoms with Crippen molar-refractivity contribution in [3.63, 3.8) is 0 Å². The zero-order valence-electron chi connectivity index (χ0n) is 16.0. The number of ether oxygens (including phenoxy) is 1. The fourth-order valence-electron chi connectivity index (χ4n) is 4.06. The van der Waals surface area contributed by atoms with Crippen molar-refractivity contribution in [2.24, 2.45) is 0 Å². The molecular weight excluding hydrogens is 346 g/mol. The van der Waals surface area contributed by atoms with Crippen LogP contribution in [0.4, 0.5) is 0 Å². The lowest BCUT2D eigenvalue weighted by Crippen LogP contribution is -2.49. The van der Waals surface area contributed by atoms with Crippen LogP contribution in [0.1, 0.15) is 73.6 Å². The molecule has 1 saturated heterocycles. The first-order valence-electron chi connectivity index (χ1n) is 9.71. The second kappa shape index (κ2) is 6.94. The molecule has 1 aliphatic carbocycles. The first kappa shape index (κ1) is 17.9. The van der Waals surface area contributed by atoms with E-state index in [1.807, 2.05) is 18.7 Å². The Morgan fingerprint density at radius 2 is 1.93 bits per heavy atom. The minimum Gasteiger partial charge on any atom is -0.452 e. The summed E-state index contributed by atoms with van der Waals surface area (Å²) < 4.78 is 10.7. The van der Waals surface area contributed by atoms with Crippen LogP contribution in [0.25, 0.3) is 11.1 Å². The number of esters is 1. The monoisotopic (exact) mass is 371 g/mol. The molecule has 2 aliphatic rings. The minimum absolute atomic E-state index is 0.141. The van der Waals surface area contributed by atoms with Crippen molar-refractivity contribution in [3.05, 3.63) is 23.0 Å². The van der Waals surface area contributed by atoms with Crippen molar-refractivity contribution >= 4 is 23.0 Å². The minimum atomic E-state index is -0.527. The molecule has 0 bridgehead atoms. The number of amides is 1. The molecule has 7 heteroatoms. The topological polar surface area (TPSA) is 85.5 Å². The molecule has 1 saturated carbocycles. The summed E-state index contributed by atoms with van der Waals surface area (Å²) >= 11 is 0. The smallest absolute Gasteiger partial charge is 0.339 e. The van der Waals surface area contributed by atoms with Crippen molar-refractivity contribution in [1.29, 1.82) is 0 Å². The Hall–Kier alpha value is -2.44. The number of nitrogens with zero attached hydrogens (tertiary/aromatic N) is 3. The van der Waals surface area contributed by atoms with Gasteiger partial charge in [-0.25, -0.2) is 9.78 Å².